The van der Waals surface area contributed by atoms with Gasteiger partial charge in [-0.3, -0.25) is 4.79 Å². The summed E-state index contributed by atoms with van der Waals surface area (Å²) < 4.78 is 5.65. The molecule has 0 unspecified atom stereocenters. The molecule has 1 aliphatic heterocycles. The number of fused-ring (bicyclic) bond motifs is 1. The Labute approximate surface area is 152 Å². The number of ether oxygens (including phenoxy) is 1. The number of para-hydroxylation sites is 1. The van der Waals surface area contributed by atoms with Crippen LogP contribution in [0.4, 0.5) is 0 Å². The SMILES string of the molecule is CSc1nc(C)c(CCC(=O)N[C@@H]2CCOc3ccccc32)c(C)n1. The Balaban J connectivity index is 1.63. The van der Waals surface area contributed by atoms with Crippen LogP contribution in [-0.2, 0) is 11.2 Å². The van der Waals surface area contributed by atoms with Crippen molar-refractivity contribution in [1.29, 1.82) is 0 Å². The molecule has 2 aromatic rings. The first-order valence-electron chi connectivity index (χ1n) is 8.47. The molecule has 1 aromatic carbocycles. The van der Waals surface area contributed by atoms with E-state index in [1.807, 2.05) is 44.4 Å². The molecular formula is C19H23N3O2S. The minimum atomic E-state index is 0.0229. The first-order valence-corrected chi connectivity index (χ1v) is 9.70. The number of nitrogens with one attached hydrogen (secondary N) is 1. The van der Waals surface area contributed by atoms with Crippen LogP contribution in [0.15, 0.2) is 29.4 Å². The van der Waals surface area contributed by atoms with Gasteiger partial charge in [0, 0.05) is 29.8 Å². The van der Waals surface area contributed by atoms with Gasteiger partial charge in [-0.15, -0.1) is 0 Å². The van der Waals surface area contributed by atoms with E-state index in [1.165, 1.54) is 11.8 Å². The zero-order chi connectivity index (χ0) is 17.8. The Morgan fingerprint density at radius 1 is 1.28 bits per heavy atom. The molecule has 1 aromatic heterocycles. The van der Waals surface area contributed by atoms with Crippen LogP contribution in [0.5, 0.6) is 5.75 Å². The fourth-order valence-corrected chi connectivity index (χ4v) is 3.62. The maximum absolute atomic E-state index is 12.4. The molecule has 1 amide bonds. The largest absolute Gasteiger partial charge is 0.493 e. The predicted molar refractivity (Wildman–Crippen MR) is 99.0 cm³/mol. The fraction of sp³-hybridized carbons (Fsp3) is 0.421. The summed E-state index contributed by atoms with van der Waals surface area (Å²) in [5.74, 6) is 0.918. The molecule has 6 heteroatoms. The van der Waals surface area contributed by atoms with Crippen LogP contribution in [-0.4, -0.2) is 28.7 Å². The standard InChI is InChI=1S/C19H23N3O2S/c1-12-14(13(2)21-19(20-12)25-3)8-9-18(23)22-16-10-11-24-17-7-5-4-6-15(16)17/h4-7,16H,8-11H2,1-3H3,(H,22,23)/t16-/m1/s1. The molecule has 0 spiro atoms. The number of benzene rings is 1. The van der Waals surface area contributed by atoms with Crippen LogP contribution in [0.2, 0.25) is 0 Å². The van der Waals surface area contributed by atoms with Gasteiger partial charge >= 0.3 is 0 Å². The summed E-state index contributed by atoms with van der Waals surface area (Å²) in [6, 6.07) is 7.92. The Morgan fingerprint density at radius 2 is 2.00 bits per heavy atom. The molecule has 0 saturated heterocycles. The number of hydrogen-bond acceptors (Lipinski definition) is 5. The number of amides is 1. The number of aryl methyl sites for hydroxylation is 2. The molecular weight excluding hydrogens is 334 g/mol. The van der Waals surface area contributed by atoms with E-state index in [9.17, 15) is 4.79 Å². The van der Waals surface area contributed by atoms with Crippen molar-refractivity contribution in [1.82, 2.24) is 15.3 Å². The lowest BCUT2D eigenvalue weighted by Gasteiger charge is -2.26. The third-order valence-corrected chi connectivity index (χ3v) is 5.03. The highest BCUT2D eigenvalue weighted by atomic mass is 32.2. The van der Waals surface area contributed by atoms with Gasteiger partial charge in [0.1, 0.15) is 5.75 Å². The van der Waals surface area contributed by atoms with E-state index >= 15 is 0 Å². The van der Waals surface area contributed by atoms with Crippen LogP contribution in [0, 0.1) is 13.8 Å². The highest BCUT2D eigenvalue weighted by Crippen LogP contribution is 2.31. The van der Waals surface area contributed by atoms with Gasteiger partial charge in [0.15, 0.2) is 5.16 Å². The Kier molecular flexibility index (Phi) is 5.58. The van der Waals surface area contributed by atoms with Crippen molar-refractivity contribution in [3.8, 4) is 5.75 Å². The molecule has 3 rings (SSSR count). The Bertz CT molecular complexity index is 756. The van der Waals surface area contributed by atoms with Crippen molar-refractivity contribution in [3.05, 3.63) is 46.8 Å². The van der Waals surface area contributed by atoms with Crippen LogP contribution in [0.1, 0.15) is 41.4 Å². The monoisotopic (exact) mass is 357 g/mol. The summed E-state index contributed by atoms with van der Waals surface area (Å²) in [6.45, 7) is 4.59. The van der Waals surface area contributed by atoms with Crippen molar-refractivity contribution < 1.29 is 9.53 Å². The van der Waals surface area contributed by atoms with Crippen molar-refractivity contribution in [2.45, 2.75) is 44.3 Å². The summed E-state index contributed by atoms with van der Waals surface area (Å²) in [7, 11) is 0. The number of thioether (sulfide) groups is 1. The summed E-state index contributed by atoms with van der Waals surface area (Å²) in [5.41, 5.74) is 4.05. The average Bonchev–Trinajstić information content (AvgIpc) is 2.61. The summed E-state index contributed by atoms with van der Waals surface area (Å²) in [4.78, 5) is 21.4. The molecule has 1 N–H and O–H groups in total. The maximum Gasteiger partial charge on any atom is 0.220 e. The minimum Gasteiger partial charge on any atom is -0.493 e. The van der Waals surface area contributed by atoms with E-state index in [-0.39, 0.29) is 11.9 Å². The zero-order valence-corrected chi connectivity index (χ0v) is 15.7. The molecule has 2 heterocycles. The zero-order valence-electron chi connectivity index (χ0n) is 14.8. The highest BCUT2D eigenvalue weighted by Gasteiger charge is 2.22. The second-order valence-electron chi connectivity index (χ2n) is 6.15. The quantitative estimate of drug-likeness (QED) is 0.656. The average molecular weight is 357 g/mol. The lowest BCUT2D eigenvalue weighted by atomic mass is 10.00. The Morgan fingerprint density at radius 3 is 2.72 bits per heavy atom. The second kappa shape index (κ2) is 7.87. The van der Waals surface area contributed by atoms with E-state index in [0.29, 0.717) is 19.4 Å². The molecule has 0 radical (unpaired) electrons. The third-order valence-electron chi connectivity index (χ3n) is 4.48. The van der Waals surface area contributed by atoms with Crippen LogP contribution in [0.25, 0.3) is 0 Å². The lowest BCUT2D eigenvalue weighted by Crippen LogP contribution is -2.32. The molecule has 0 aliphatic carbocycles. The maximum atomic E-state index is 12.4. The van der Waals surface area contributed by atoms with Gasteiger partial charge in [0.25, 0.3) is 0 Å². The van der Waals surface area contributed by atoms with E-state index < -0.39 is 0 Å². The molecule has 5 nitrogen and oxygen atoms in total. The van der Waals surface area contributed by atoms with Gasteiger partial charge in [0.05, 0.1) is 12.6 Å². The second-order valence-corrected chi connectivity index (χ2v) is 6.93. The van der Waals surface area contributed by atoms with Crippen molar-refractivity contribution >= 4 is 17.7 Å². The summed E-state index contributed by atoms with van der Waals surface area (Å²) in [6.07, 6.45) is 3.85. The van der Waals surface area contributed by atoms with Gasteiger partial charge in [-0.2, -0.15) is 0 Å². The number of hydrogen-bond donors (Lipinski definition) is 1. The summed E-state index contributed by atoms with van der Waals surface area (Å²) in [5, 5.41) is 3.92. The highest BCUT2D eigenvalue weighted by molar-refractivity contribution is 7.98. The molecule has 0 fully saturated rings. The normalized spacial score (nSPS) is 16.0. The molecule has 25 heavy (non-hydrogen) atoms. The summed E-state index contributed by atoms with van der Waals surface area (Å²) >= 11 is 1.53. The van der Waals surface area contributed by atoms with Crippen molar-refractivity contribution in [3.63, 3.8) is 0 Å². The molecule has 132 valence electrons. The van der Waals surface area contributed by atoms with Gasteiger partial charge in [0.2, 0.25) is 5.91 Å². The first kappa shape index (κ1) is 17.7. The van der Waals surface area contributed by atoms with Crippen LogP contribution in [0.3, 0.4) is 0 Å². The van der Waals surface area contributed by atoms with Crippen molar-refractivity contribution in [2.75, 3.05) is 12.9 Å². The van der Waals surface area contributed by atoms with Gasteiger partial charge in [-0.1, -0.05) is 30.0 Å². The fourth-order valence-electron chi connectivity index (χ4n) is 3.16. The molecule has 0 bridgehead atoms. The lowest BCUT2D eigenvalue weighted by molar-refractivity contribution is -0.122. The van der Waals surface area contributed by atoms with Gasteiger partial charge in [-0.25, -0.2) is 9.97 Å². The van der Waals surface area contributed by atoms with Crippen molar-refractivity contribution in [2.24, 2.45) is 0 Å². The van der Waals surface area contributed by atoms with Gasteiger partial charge < -0.3 is 10.1 Å². The molecule has 1 aliphatic rings. The van der Waals surface area contributed by atoms with E-state index in [1.54, 1.807) is 0 Å². The number of carbonyl (C=O) groups excluding carboxylic acids is 1. The minimum absolute atomic E-state index is 0.0229. The Hall–Kier alpha value is -2.08. The number of carbonyl (C=O) groups is 1. The van der Waals surface area contributed by atoms with Crippen LogP contribution < -0.4 is 10.1 Å². The molecule has 1 atom stereocenters. The first-order chi connectivity index (χ1) is 12.1. The van der Waals surface area contributed by atoms with E-state index in [4.69, 9.17) is 4.74 Å². The van der Waals surface area contributed by atoms with Crippen LogP contribution >= 0.6 is 11.8 Å². The number of aromatic nitrogens is 2. The van der Waals surface area contributed by atoms with E-state index in [0.717, 1.165) is 39.8 Å². The third kappa shape index (κ3) is 4.12. The van der Waals surface area contributed by atoms with Gasteiger partial charge in [-0.05, 0) is 38.2 Å². The number of rotatable bonds is 5. The molecule has 0 saturated carbocycles. The predicted octanol–water partition coefficient (Wildman–Crippen LogP) is 3.39. The number of nitrogens with zero attached hydrogens (tertiary/aromatic N) is 2. The smallest absolute Gasteiger partial charge is 0.220 e. The van der Waals surface area contributed by atoms with E-state index in [2.05, 4.69) is 15.3 Å². The topological polar surface area (TPSA) is 64.1 Å².